The standard InChI is InChI=1S/C22H18N2O2/c1-26-19-14-12-18(13-15-19)24-21(17-10-6-3-7-11-17)20(22(25)23-24)16-8-4-2-5-9-16/h2-15H,1H3,(H,23,25). The summed E-state index contributed by atoms with van der Waals surface area (Å²) in [6.07, 6.45) is 0. The molecule has 0 amide bonds. The number of hydrogen-bond donors (Lipinski definition) is 1. The number of nitrogens with zero attached hydrogens (tertiary/aromatic N) is 1. The van der Waals surface area contributed by atoms with E-state index in [1.807, 2.05) is 89.6 Å². The summed E-state index contributed by atoms with van der Waals surface area (Å²) >= 11 is 0. The molecule has 0 aliphatic heterocycles. The van der Waals surface area contributed by atoms with Gasteiger partial charge >= 0.3 is 0 Å². The Balaban J connectivity index is 1.99. The summed E-state index contributed by atoms with van der Waals surface area (Å²) in [7, 11) is 1.63. The Morgan fingerprint density at radius 3 is 1.92 bits per heavy atom. The zero-order chi connectivity index (χ0) is 17.9. The van der Waals surface area contributed by atoms with Gasteiger partial charge in [-0.1, -0.05) is 60.7 Å². The lowest BCUT2D eigenvalue weighted by atomic mass is 10.0. The minimum atomic E-state index is -0.120. The second-order valence-electron chi connectivity index (χ2n) is 5.93. The largest absolute Gasteiger partial charge is 0.497 e. The lowest BCUT2D eigenvalue weighted by molar-refractivity contribution is 0.414. The summed E-state index contributed by atoms with van der Waals surface area (Å²) in [5.41, 5.74) is 4.11. The first-order valence-electron chi connectivity index (χ1n) is 8.38. The lowest BCUT2D eigenvalue weighted by Crippen LogP contribution is -2.05. The van der Waals surface area contributed by atoms with Crippen LogP contribution in [0.3, 0.4) is 0 Å². The number of rotatable bonds is 4. The van der Waals surface area contributed by atoms with E-state index < -0.39 is 0 Å². The SMILES string of the molecule is COc1ccc(-n2[nH]c(=O)c(-c3ccccc3)c2-c2ccccc2)cc1. The predicted molar refractivity (Wildman–Crippen MR) is 104 cm³/mol. The monoisotopic (exact) mass is 342 g/mol. The van der Waals surface area contributed by atoms with Crippen LogP contribution >= 0.6 is 0 Å². The normalized spacial score (nSPS) is 10.7. The fourth-order valence-corrected chi connectivity index (χ4v) is 3.10. The summed E-state index contributed by atoms with van der Waals surface area (Å²) in [5.74, 6) is 0.771. The molecule has 128 valence electrons. The summed E-state index contributed by atoms with van der Waals surface area (Å²) < 4.78 is 7.07. The minimum absolute atomic E-state index is 0.120. The van der Waals surface area contributed by atoms with Crippen molar-refractivity contribution in [3.63, 3.8) is 0 Å². The van der Waals surface area contributed by atoms with E-state index in [1.54, 1.807) is 7.11 Å². The first-order chi connectivity index (χ1) is 12.8. The Hall–Kier alpha value is -3.53. The molecule has 1 aromatic heterocycles. The molecule has 0 saturated heterocycles. The van der Waals surface area contributed by atoms with E-state index >= 15 is 0 Å². The van der Waals surface area contributed by atoms with Gasteiger partial charge in [-0.3, -0.25) is 14.6 Å². The number of ether oxygens (including phenoxy) is 1. The maximum atomic E-state index is 12.8. The van der Waals surface area contributed by atoms with E-state index in [-0.39, 0.29) is 5.56 Å². The number of aromatic amines is 1. The van der Waals surface area contributed by atoms with Gasteiger partial charge in [-0.2, -0.15) is 0 Å². The van der Waals surface area contributed by atoms with Gasteiger partial charge in [-0.15, -0.1) is 0 Å². The van der Waals surface area contributed by atoms with E-state index in [4.69, 9.17) is 4.74 Å². The van der Waals surface area contributed by atoms with E-state index in [0.29, 0.717) is 5.56 Å². The average Bonchev–Trinajstić information content (AvgIpc) is 3.06. The summed E-state index contributed by atoms with van der Waals surface area (Å²) in [4.78, 5) is 12.8. The number of aromatic nitrogens is 2. The Labute approximate surface area is 151 Å². The van der Waals surface area contributed by atoms with Crippen molar-refractivity contribution in [1.29, 1.82) is 0 Å². The topological polar surface area (TPSA) is 47.0 Å². The van der Waals surface area contributed by atoms with Crippen molar-refractivity contribution < 1.29 is 4.74 Å². The van der Waals surface area contributed by atoms with E-state index in [1.165, 1.54) is 0 Å². The van der Waals surface area contributed by atoms with Crippen molar-refractivity contribution in [1.82, 2.24) is 9.78 Å². The number of nitrogens with one attached hydrogen (secondary N) is 1. The van der Waals surface area contributed by atoms with Crippen LogP contribution in [0, 0.1) is 0 Å². The molecule has 4 nitrogen and oxygen atoms in total. The Bertz CT molecular complexity index is 1060. The number of methoxy groups -OCH3 is 1. The van der Waals surface area contributed by atoms with Gasteiger partial charge in [0.1, 0.15) is 5.75 Å². The van der Waals surface area contributed by atoms with Crippen molar-refractivity contribution in [2.24, 2.45) is 0 Å². The van der Waals surface area contributed by atoms with Crippen LogP contribution in [0.2, 0.25) is 0 Å². The zero-order valence-electron chi connectivity index (χ0n) is 14.3. The second-order valence-corrected chi connectivity index (χ2v) is 5.93. The van der Waals surface area contributed by atoms with Gasteiger partial charge in [-0.25, -0.2) is 0 Å². The van der Waals surface area contributed by atoms with Gasteiger partial charge < -0.3 is 4.74 Å². The molecular formula is C22H18N2O2. The maximum absolute atomic E-state index is 12.8. The smallest absolute Gasteiger partial charge is 0.272 e. The third-order valence-corrected chi connectivity index (χ3v) is 4.34. The molecule has 1 heterocycles. The van der Waals surface area contributed by atoms with Crippen molar-refractivity contribution in [3.8, 4) is 33.8 Å². The molecule has 0 fully saturated rings. The number of H-pyrrole nitrogens is 1. The fourth-order valence-electron chi connectivity index (χ4n) is 3.10. The molecule has 4 rings (SSSR count). The summed E-state index contributed by atoms with van der Waals surface area (Å²) in [5, 5.41) is 2.98. The molecule has 1 N–H and O–H groups in total. The quantitative estimate of drug-likeness (QED) is 0.593. The number of hydrogen-bond acceptors (Lipinski definition) is 2. The summed E-state index contributed by atoms with van der Waals surface area (Å²) in [6.45, 7) is 0. The van der Waals surface area contributed by atoms with Gasteiger partial charge in [0, 0.05) is 5.56 Å². The first kappa shape index (κ1) is 16.0. The molecule has 0 spiro atoms. The molecule has 26 heavy (non-hydrogen) atoms. The summed E-state index contributed by atoms with van der Waals surface area (Å²) in [6, 6.07) is 27.3. The van der Waals surface area contributed by atoms with Crippen LogP contribution in [0.1, 0.15) is 0 Å². The molecule has 0 bridgehead atoms. The highest BCUT2D eigenvalue weighted by atomic mass is 16.5. The molecule has 0 atom stereocenters. The van der Waals surface area contributed by atoms with Crippen LogP contribution in [0.5, 0.6) is 5.75 Å². The Morgan fingerprint density at radius 2 is 1.35 bits per heavy atom. The molecule has 0 aliphatic carbocycles. The van der Waals surface area contributed by atoms with Gasteiger partial charge in [0.05, 0.1) is 24.1 Å². The van der Waals surface area contributed by atoms with Crippen LogP contribution in [0.15, 0.2) is 89.7 Å². The second kappa shape index (κ2) is 6.76. The zero-order valence-corrected chi connectivity index (χ0v) is 14.3. The van der Waals surface area contributed by atoms with Crippen molar-refractivity contribution in [2.75, 3.05) is 7.11 Å². The molecule has 0 radical (unpaired) electrons. The van der Waals surface area contributed by atoms with Crippen LogP contribution in [-0.4, -0.2) is 16.9 Å². The maximum Gasteiger partial charge on any atom is 0.272 e. The van der Waals surface area contributed by atoms with Gasteiger partial charge in [0.15, 0.2) is 0 Å². The van der Waals surface area contributed by atoms with Gasteiger partial charge in [0.25, 0.3) is 5.56 Å². The average molecular weight is 342 g/mol. The number of benzene rings is 3. The van der Waals surface area contributed by atoms with Crippen LogP contribution in [0.4, 0.5) is 0 Å². The van der Waals surface area contributed by atoms with Gasteiger partial charge in [0.2, 0.25) is 0 Å². The van der Waals surface area contributed by atoms with Gasteiger partial charge in [-0.05, 0) is 29.8 Å². The Kier molecular flexibility index (Phi) is 4.15. The van der Waals surface area contributed by atoms with Crippen molar-refractivity contribution in [2.45, 2.75) is 0 Å². The van der Waals surface area contributed by atoms with E-state index in [9.17, 15) is 4.79 Å². The molecule has 3 aromatic carbocycles. The highest BCUT2D eigenvalue weighted by molar-refractivity contribution is 5.81. The first-order valence-corrected chi connectivity index (χ1v) is 8.38. The van der Waals surface area contributed by atoms with E-state index in [0.717, 1.165) is 28.3 Å². The molecule has 0 saturated carbocycles. The highest BCUT2D eigenvalue weighted by Gasteiger charge is 2.19. The van der Waals surface area contributed by atoms with E-state index in [2.05, 4.69) is 5.10 Å². The van der Waals surface area contributed by atoms with Crippen LogP contribution in [-0.2, 0) is 0 Å². The van der Waals surface area contributed by atoms with Crippen molar-refractivity contribution in [3.05, 3.63) is 95.3 Å². The fraction of sp³-hybridized carbons (Fsp3) is 0.0455. The third kappa shape index (κ3) is 2.82. The molecular weight excluding hydrogens is 324 g/mol. The Morgan fingerprint density at radius 1 is 0.769 bits per heavy atom. The van der Waals surface area contributed by atoms with Crippen molar-refractivity contribution >= 4 is 0 Å². The minimum Gasteiger partial charge on any atom is -0.497 e. The van der Waals surface area contributed by atoms with Crippen LogP contribution < -0.4 is 10.3 Å². The highest BCUT2D eigenvalue weighted by Crippen LogP contribution is 2.31. The molecule has 0 unspecified atom stereocenters. The molecule has 4 heteroatoms. The lowest BCUT2D eigenvalue weighted by Gasteiger charge is -2.11. The third-order valence-electron chi connectivity index (χ3n) is 4.34. The molecule has 4 aromatic rings. The molecule has 0 aliphatic rings. The predicted octanol–water partition coefficient (Wildman–Crippen LogP) is 4.51. The van der Waals surface area contributed by atoms with Crippen LogP contribution in [0.25, 0.3) is 28.1 Å².